The fraction of sp³-hybridized carbons (Fsp3) is 0.0556. The summed E-state index contributed by atoms with van der Waals surface area (Å²) in [6.07, 6.45) is 1.07. The lowest BCUT2D eigenvalue weighted by Crippen LogP contribution is -2.30. The summed E-state index contributed by atoms with van der Waals surface area (Å²) in [5, 5.41) is 25.6. The molecule has 3 N–H and O–H groups in total. The normalized spacial score (nSPS) is 10.3. The number of carbonyl (C=O) groups excluding carboxylic acids is 1. The van der Waals surface area contributed by atoms with Crippen molar-refractivity contribution in [3.05, 3.63) is 85.2 Å². The van der Waals surface area contributed by atoms with Gasteiger partial charge in [-0.15, -0.1) is 0 Å². The molecule has 1 aromatic heterocycles. The Labute approximate surface area is 179 Å². The minimum atomic E-state index is -0.710. The zero-order valence-corrected chi connectivity index (χ0v) is 16.6. The minimum Gasteiger partial charge on any atom is -0.334 e. The molecular formula is C18H14ClN7O5. The number of nitro benzene ring substituents is 1. The van der Waals surface area contributed by atoms with Gasteiger partial charge in [-0.1, -0.05) is 17.7 Å². The number of nitro groups is 2. The Balaban J connectivity index is 1.80. The summed E-state index contributed by atoms with van der Waals surface area (Å²) in [7, 11) is 0. The Hall–Kier alpha value is -4.32. The summed E-state index contributed by atoms with van der Waals surface area (Å²) in [5.41, 5.74) is 5.36. The predicted octanol–water partition coefficient (Wildman–Crippen LogP) is 3.76. The number of hydrogen-bond acceptors (Lipinski definition) is 9. The van der Waals surface area contributed by atoms with Crippen LogP contribution in [0.4, 0.5) is 28.7 Å². The molecule has 0 bridgehead atoms. The van der Waals surface area contributed by atoms with Crippen LogP contribution in [0.3, 0.4) is 0 Å². The van der Waals surface area contributed by atoms with Gasteiger partial charge in [0.1, 0.15) is 6.33 Å². The largest absolute Gasteiger partial charge is 0.355 e. The number of nitrogens with zero attached hydrogens (tertiary/aromatic N) is 4. The van der Waals surface area contributed by atoms with Gasteiger partial charge in [-0.3, -0.25) is 35.9 Å². The molecule has 3 aromatic rings. The summed E-state index contributed by atoms with van der Waals surface area (Å²) < 4.78 is 0. The molecule has 1 heterocycles. The Bertz CT molecular complexity index is 1170. The number of benzene rings is 2. The molecule has 3 rings (SSSR count). The summed E-state index contributed by atoms with van der Waals surface area (Å²) >= 11 is 6.08. The average molecular weight is 444 g/mol. The molecule has 1 amide bonds. The van der Waals surface area contributed by atoms with Crippen LogP contribution in [0, 0.1) is 27.2 Å². The van der Waals surface area contributed by atoms with Gasteiger partial charge in [0.15, 0.2) is 0 Å². The van der Waals surface area contributed by atoms with E-state index in [1.165, 1.54) is 12.1 Å². The number of hydrogen-bond donors (Lipinski definition) is 3. The first-order valence-corrected chi connectivity index (χ1v) is 8.97. The maximum Gasteiger partial charge on any atom is 0.355 e. The summed E-state index contributed by atoms with van der Waals surface area (Å²) in [5.74, 6) is -1.06. The molecule has 0 atom stereocenters. The van der Waals surface area contributed by atoms with E-state index in [4.69, 9.17) is 11.6 Å². The molecule has 0 spiro atoms. The van der Waals surface area contributed by atoms with Crippen molar-refractivity contribution in [1.82, 2.24) is 15.4 Å². The van der Waals surface area contributed by atoms with Crippen molar-refractivity contribution in [2.24, 2.45) is 0 Å². The zero-order chi connectivity index (χ0) is 22.5. The van der Waals surface area contributed by atoms with Gasteiger partial charge in [0.2, 0.25) is 11.6 Å². The Morgan fingerprint density at radius 2 is 1.68 bits per heavy atom. The van der Waals surface area contributed by atoms with Crippen LogP contribution < -0.4 is 16.2 Å². The van der Waals surface area contributed by atoms with Gasteiger partial charge < -0.3 is 5.32 Å². The number of halogens is 1. The van der Waals surface area contributed by atoms with Crippen molar-refractivity contribution in [1.29, 1.82) is 0 Å². The van der Waals surface area contributed by atoms with Gasteiger partial charge in [-0.25, -0.2) is 9.97 Å². The number of amides is 1. The second-order valence-corrected chi connectivity index (χ2v) is 6.56. The molecule has 0 fully saturated rings. The van der Waals surface area contributed by atoms with Crippen LogP contribution in [-0.4, -0.2) is 25.7 Å². The van der Waals surface area contributed by atoms with E-state index in [9.17, 15) is 25.0 Å². The Morgan fingerprint density at radius 1 is 1.00 bits per heavy atom. The average Bonchev–Trinajstić information content (AvgIpc) is 2.74. The molecule has 0 aliphatic carbocycles. The third-order valence-electron chi connectivity index (χ3n) is 4.07. The first-order chi connectivity index (χ1) is 14.8. The van der Waals surface area contributed by atoms with Crippen LogP contribution in [0.2, 0.25) is 5.02 Å². The van der Waals surface area contributed by atoms with Gasteiger partial charge in [0, 0.05) is 28.4 Å². The number of non-ortho nitro benzene ring substituents is 1. The lowest BCUT2D eigenvalue weighted by Gasteiger charge is -2.11. The molecule has 2 aromatic carbocycles. The number of hydrazine groups is 1. The lowest BCUT2D eigenvalue weighted by atomic mass is 10.2. The number of rotatable bonds is 7. The molecule has 13 heteroatoms. The highest BCUT2D eigenvalue weighted by Crippen LogP contribution is 2.31. The topological polar surface area (TPSA) is 165 Å². The van der Waals surface area contributed by atoms with Crippen LogP contribution in [0.5, 0.6) is 0 Å². The molecular weight excluding hydrogens is 430 g/mol. The van der Waals surface area contributed by atoms with E-state index in [0.29, 0.717) is 10.7 Å². The first kappa shape index (κ1) is 21.4. The lowest BCUT2D eigenvalue weighted by molar-refractivity contribution is -0.384. The van der Waals surface area contributed by atoms with Gasteiger partial charge in [-0.2, -0.15) is 0 Å². The van der Waals surface area contributed by atoms with Gasteiger partial charge in [0.25, 0.3) is 11.6 Å². The first-order valence-electron chi connectivity index (χ1n) is 8.59. The molecule has 31 heavy (non-hydrogen) atoms. The molecule has 0 saturated heterocycles. The predicted molar refractivity (Wildman–Crippen MR) is 112 cm³/mol. The zero-order valence-electron chi connectivity index (χ0n) is 15.8. The second-order valence-electron chi connectivity index (χ2n) is 6.15. The number of aryl methyl sites for hydroxylation is 1. The summed E-state index contributed by atoms with van der Waals surface area (Å²) in [4.78, 5) is 40.9. The molecule has 0 saturated carbocycles. The summed E-state index contributed by atoms with van der Waals surface area (Å²) in [6.45, 7) is 1.81. The maximum atomic E-state index is 12.2. The van der Waals surface area contributed by atoms with Crippen molar-refractivity contribution >= 4 is 46.2 Å². The van der Waals surface area contributed by atoms with E-state index >= 15 is 0 Å². The highest BCUT2D eigenvalue weighted by molar-refractivity contribution is 6.31. The van der Waals surface area contributed by atoms with E-state index in [2.05, 4.69) is 26.1 Å². The molecule has 158 valence electrons. The number of aromatic nitrogens is 2. The minimum absolute atomic E-state index is 0.0995. The third kappa shape index (κ3) is 5.00. The van der Waals surface area contributed by atoms with Gasteiger partial charge >= 0.3 is 5.69 Å². The second kappa shape index (κ2) is 9.00. The van der Waals surface area contributed by atoms with Crippen molar-refractivity contribution in [2.45, 2.75) is 6.92 Å². The van der Waals surface area contributed by atoms with Crippen LogP contribution in [0.25, 0.3) is 0 Å². The van der Waals surface area contributed by atoms with Crippen molar-refractivity contribution < 1.29 is 14.6 Å². The van der Waals surface area contributed by atoms with Crippen LogP contribution >= 0.6 is 11.6 Å². The molecule has 0 aliphatic rings. The van der Waals surface area contributed by atoms with Crippen LogP contribution in [0.1, 0.15) is 15.9 Å². The highest BCUT2D eigenvalue weighted by atomic mass is 35.5. The Morgan fingerprint density at radius 3 is 2.29 bits per heavy atom. The molecule has 0 aliphatic heterocycles. The fourth-order valence-corrected chi connectivity index (χ4v) is 2.65. The number of carbonyl (C=O) groups is 1. The van der Waals surface area contributed by atoms with Gasteiger partial charge in [-0.05, 0) is 36.8 Å². The molecule has 12 nitrogen and oxygen atoms in total. The van der Waals surface area contributed by atoms with Crippen molar-refractivity contribution in [3.8, 4) is 0 Å². The van der Waals surface area contributed by atoms with E-state index in [-0.39, 0.29) is 22.9 Å². The third-order valence-corrected chi connectivity index (χ3v) is 4.48. The van der Waals surface area contributed by atoms with E-state index in [1.807, 2.05) is 6.92 Å². The quantitative estimate of drug-likeness (QED) is 0.364. The highest BCUT2D eigenvalue weighted by Gasteiger charge is 2.24. The molecule has 0 radical (unpaired) electrons. The monoisotopic (exact) mass is 443 g/mol. The van der Waals surface area contributed by atoms with Crippen molar-refractivity contribution in [3.63, 3.8) is 0 Å². The van der Waals surface area contributed by atoms with E-state index in [0.717, 1.165) is 24.0 Å². The number of nitrogens with one attached hydrogen (secondary N) is 3. The van der Waals surface area contributed by atoms with E-state index < -0.39 is 21.4 Å². The van der Waals surface area contributed by atoms with E-state index in [1.54, 1.807) is 18.2 Å². The molecule has 0 unspecified atom stereocenters. The summed E-state index contributed by atoms with van der Waals surface area (Å²) in [6, 6.07) is 9.83. The SMILES string of the molecule is Cc1ccc(Nc2ncnc(NNC(=O)c3ccc([N+](=O)[O-])cc3)c2[N+](=O)[O-])cc1Cl. The van der Waals surface area contributed by atoms with Crippen LogP contribution in [-0.2, 0) is 0 Å². The maximum absolute atomic E-state index is 12.2. The smallest absolute Gasteiger partial charge is 0.334 e. The standard InChI is InChI=1S/C18H14ClN7O5/c1-10-2-5-12(8-14(10)19)22-16-15(26(30)31)17(21-9-20-16)23-24-18(27)11-3-6-13(7-4-11)25(28)29/h2-9H,1H3,(H,24,27)(H2,20,21,22,23). The fourth-order valence-electron chi connectivity index (χ4n) is 2.46. The Kier molecular flexibility index (Phi) is 6.21. The van der Waals surface area contributed by atoms with Crippen molar-refractivity contribution in [2.75, 3.05) is 10.7 Å². The van der Waals surface area contributed by atoms with Gasteiger partial charge in [0.05, 0.1) is 9.85 Å². The number of anilines is 3. The van der Waals surface area contributed by atoms with Crippen LogP contribution in [0.15, 0.2) is 48.8 Å².